The lowest BCUT2D eigenvalue weighted by atomic mass is 10.2. The lowest BCUT2D eigenvalue weighted by Gasteiger charge is -2.02. The molecule has 1 aromatic heterocycles. The van der Waals surface area contributed by atoms with Crippen molar-refractivity contribution in [3.05, 3.63) is 53.1 Å². The Kier molecular flexibility index (Phi) is 3.82. The summed E-state index contributed by atoms with van der Waals surface area (Å²) in [6.45, 7) is -0.0767. The molecule has 0 aliphatic carbocycles. The number of benzene rings is 2. The van der Waals surface area contributed by atoms with Gasteiger partial charge in [-0.25, -0.2) is 9.78 Å². The van der Waals surface area contributed by atoms with E-state index >= 15 is 0 Å². The number of nitrogens with zero attached hydrogens (tertiary/aromatic N) is 1. The molecule has 0 saturated carbocycles. The average molecular weight is 311 g/mol. The minimum atomic E-state index is -0.516. The predicted molar refractivity (Wildman–Crippen MR) is 85.7 cm³/mol. The van der Waals surface area contributed by atoms with Gasteiger partial charge in [-0.1, -0.05) is 47.9 Å². The van der Waals surface area contributed by atoms with E-state index in [0.29, 0.717) is 27.4 Å². The highest BCUT2D eigenvalue weighted by atomic mass is 35.5. The van der Waals surface area contributed by atoms with E-state index in [1.54, 1.807) is 6.07 Å². The van der Waals surface area contributed by atoms with Crippen molar-refractivity contribution in [3.8, 4) is 23.7 Å². The van der Waals surface area contributed by atoms with Crippen LogP contribution in [0.2, 0.25) is 5.02 Å². The Labute approximate surface area is 132 Å². The molecule has 1 N–H and O–H groups in total. The molecule has 22 heavy (non-hydrogen) atoms. The Hall–Kier alpha value is -2.77. The van der Waals surface area contributed by atoms with Crippen LogP contribution in [-0.4, -0.2) is 22.5 Å². The number of imidazole rings is 1. The van der Waals surface area contributed by atoms with Gasteiger partial charge in [0.2, 0.25) is 0 Å². The average Bonchev–Trinajstić information content (AvgIpc) is 2.98. The van der Waals surface area contributed by atoms with E-state index in [4.69, 9.17) is 22.8 Å². The lowest BCUT2D eigenvalue weighted by molar-refractivity contribution is 0.0557. The minimum absolute atomic E-state index is 0.0767. The Morgan fingerprint density at radius 3 is 2.82 bits per heavy atom. The van der Waals surface area contributed by atoms with Crippen LogP contribution in [0.25, 0.3) is 22.4 Å². The van der Waals surface area contributed by atoms with E-state index in [1.807, 2.05) is 30.3 Å². The number of hydrogen-bond donors (Lipinski definition) is 1. The van der Waals surface area contributed by atoms with Gasteiger partial charge in [-0.3, -0.25) is 0 Å². The zero-order chi connectivity index (χ0) is 15.5. The highest BCUT2D eigenvalue weighted by Gasteiger charge is 2.14. The maximum absolute atomic E-state index is 11.9. The lowest BCUT2D eigenvalue weighted by Crippen LogP contribution is -2.05. The number of halogens is 1. The van der Waals surface area contributed by atoms with Crippen LogP contribution in [0, 0.1) is 12.3 Å². The van der Waals surface area contributed by atoms with Crippen LogP contribution in [0.15, 0.2) is 42.5 Å². The Morgan fingerprint density at radius 1 is 1.32 bits per heavy atom. The van der Waals surface area contributed by atoms with E-state index in [1.165, 1.54) is 6.07 Å². The summed E-state index contributed by atoms with van der Waals surface area (Å²) in [4.78, 5) is 19.5. The monoisotopic (exact) mass is 310 g/mol. The molecule has 0 amide bonds. The molecule has 0 bridgehead atoms. The zero-order valence-electron chi connectivity index (χ0n) is 11.5. The second-order valence-electron chi connectivity index (χ2n) is 4.59. The maximum atomic E-state index is 11.9. The maximum Gasteiger partial charge on any atom is 0.339 e. The van der Waals surface area contributed by atoms with Gasteiger partial charge in [0, 0.05) is 5.56 Å². The van der Waals surface area contributed by atoms with Crippen LogP contribution in [0.5, 0.6) is 0 Å². The van der Waals surface area contributed by atoms with E-state index in [9.17, 15) is 4.79 Å². The molecular formula is C17H11ClN2O2. The molecule has 0 unspecified atom stereocenters. The zero-order valence-corrected chi connectivity index (χ0v) is 12.2. The van der Waals surface area contributed by atoms with Crippen molar-refractivity contribution in [2.75, 3.05) is 6.61 Å². The SMILES string of the molecule is C#CCOC(=O)c1cc(Cl)c2nc(-c3ccccc3)[nH]c2c1. The summed E-state index contributed by atoms with van der Waals surface area (Å²) in [5.74, 6) is 2.42. The molecule has 3 aromatic rings. The van der Waals surface area contributed by atoms with E-state index in [2.05, 4.69) is 15.9 Å². The molecule has 5 heteroatoms. The van der Waals surface area contributed by atoms with Crippen LogP contribution < -0.4 is 0 Å². The number of hydrogen-bond acceptors (Lipinski definition) is 3. The first kappa shape index (κ1) is 14.2. The highest BCUT2D eigenvalue weighted by molar-refractivity contribution is 6.35. The van der Waals surface area contributed by atoms with Gasteiger partial charge in [0.1, 0.15) is 11.3 Å². The molecule has 108 valence electrons. The topological polar surface area (TPSA) is 55.0 Å². The number of aromatic nitrogens is 2. The van der Waals surface area contributed by atoms with Crippen LogP contribution in [-0.2, 0) is 4.74 Å². The number of terminal acetylenes is 1. The van der Waals surface area contributed by atoms with Gasteiger partial charge in [-0.15, -0.1) is 6.42 Å². The van der Waals surface area contributed by atoms with Crippen molar-refractivity contribution in [1.82, 2.24) is 9.97 Å². The van der Waals surface area contributed by atoms with E-state index in [-0.39, 0.29) is 6.61 Å². The molecule has 2 aromatic carbocycles. The third kappa shape index (κ3) is 2.67. The molecule has 4 nitrogen and oxygen atoms in total. The molecule has 0 aliphatic rings. The molecule has 1 heterocycles. The number of fused-ring (bicyclic) bond motifs is 1. The minimum Gasteiger partial charge on any atom is -0.449 e. The van der Waals surface area contributed by atoms with Crippen molar-refractivity contribution in [3.63, 3.8) is 0 Å². The van der Waals surface area contributed by atoms with E-state index in [0.717, 1.165) is 5.56 Å². The van der Waals surface area contributed by atoms with Crippen molar-refractivity contribution >= 4 is 28.6 Å². The van der Waals surface area contributed by atoms with Gasteiger partial charge < -0.3 is 9.72 Å². The third-order valence-corrected chi connectivity index (χ3v) is 3.40. The molecule has 0 saturated heterocycles. The number of aromatic amines is 1. The summed E-state index contributed by atoms with van der Waals surface area (Å²) in [5, 5.41) is 0.378. The number of H-pyrrole nitrogens is 1. The summed E-state index contributed by atoms with van der Waals surface area (Å²) in [6.07, 6.45) is 5.07. The van der Waals surface area contributed by atoms with Crippen molar-refractivity contribution in [2.45, 2.75) is 0 Å². The van der Waals surface area contributed by atoms with Crippen molar-refractivity contribution < 1.29 is 9.53 Å². The first-order chi connectivity index (χ1) is 10.7. The first-order valence-corrected chi connectivity index (χ1v) is 6.92. The molecule has 0 spiro atoms. The third-order valence-electron chi connectivity index (χ3n) is 3.11. The summed E-state index contributed by atoms with van der Waals surface area (Å²) in [6, 6.07) is 12.8. The van der Waals surface area contributed by atoms with Crippen LogP contribution in [0.4, 0.5) is 0 Å². The van der Waals surface area contributed by atoms with Crippen molar-refractivity contribution in [1.29, 1.82) is 0 Å². The fourth-order valence-electron chi connectivity index (χ4n) is 2.12. The predicted octanol–water partition coefficient (Wildman–Crippen LogP) is 3.67. The van der Waals surface area contributed by atoms with Gasteiger partial charge in [-0.2, -0.15) is 0 Å². The molecule has 0 radical (unpaired) electrons. The molecule has 0 aliphatic heterocycles. The van der Waals surface area contributed by atoms with Crippen molar-refractivity contribution in [2.24, 2.45) is 0 Å². The number of ether oxygens (including phenoxy) is 1. The molecule has 0 fully saturated rings. The quantitative estimate of drug-likeness (QED) is 0.593. The highest BCUT2D eigenvalue weighted by Crippen LogP contribution is 2.27. The van der Waals surface area contributed by atoms with E-state index < -0.39 is 5.97 Å². The Balaban J connectivity index is 2.04. The molecular weight excluding hydrogens is 300 g/mol. The summed E-state index contributed by atoms with van der Waals surface area (Å²) in [7, 11) is 0. The van der Waals surface area contributed by atoms with Crippen LogP contribution >= 0.6 is 11.6 Å². The largest absolute Gasteiger partial charge is 0.449 e. The van der Waals surface area contributed by atoms with Crippen LogP contribution in [0.1, 0.15) is 10.4 Å². The number of carbonyl (C=O) groups excluding carboxylic acids is 1. The standard InChI is InChI=1S/C17H11ClN2O2/c1-2-8-22-17(21)12-9-13(18)15-14(10-12)19-16(20-15)11-6-4-3-5-7-11/h1,3-7,9-10H,8H2,(H,19,20). The molecule has 3 rings (SSSR count). The Morgan fingerprint density at radius 2 is 2.09 bits per heavy atom. The number of rotatable bonds is 3. The fraction of sp³-hybridized carbons (Fsp3) is 0.0588. The second kappa shape index (κ2) is 5.92. The van der Waals surface area contributed by atoms with Crippen LogP contribution in [0.3, 0.4) is 0 Å². The first-order valence-electron chi connectivity index (χ1n) is 6.54. The molecule has 0 atom stereocenters. The van der Waals surface area contributed by atoms with Gasteiger partial charge in [-0.05, 0) is 12.1 Å². The Bertz CT molecular complexity index is 879. The summed E-state index contributed by atoms with van der Waals surface area (Å²) < 4.78 is 4.90. The smallest absolute Gasteiger partial charge is 0.339 e. The van der Waals surface area contributed by atoms with Gasteiger partial charge in [0.05, 0.1) is 16.1 Å². The number of nitrogens with one attached hydrogen (secondary N) is 1. The normalized spacial score (nSPS) is 10.4. The van der Waals surface area contributed by atoms with Gasteiger partial charge >= 0.3 is 5.97 Å². The van der Waals surface area contributed by atoms with Gasteiger partial charge in [0.25, 0.3) is 0 Å². The summed E-state index contributed by atoms with van der Waals surface area (Å²) >= 11 is 6.21. The van der Waals surface area contributed by atoms with Gasteiger partial charge in [0.15, 0.2) is 6.61 Å². The second-order valence-corrected chi connectivity index (χ2v) is 4.99. The summed E-state index contributed by atoms with van der Waals surface area (Å²) in [5.41, 5.74) is 2.54. The number of esters is 1. The fourth-order valence-corrected chi connectivity index (χ4v) is 2.38. The number of carbonyl (C=O) groups is 1.